The molecule has 1 aliphatic rings. The lowest BCUT2D eigenvalue weighted by Gasteiger charge is -2.39. The van der Waals surface area contributed by atoms with Gasteiger partial charge in [0.05, 0.1) is 6.61 Å². The van der Waals surface area contributed by atoms with Crippen LogP contribution >= 0.6 is 0 Å². The van der Waals surface area contributed by atoms with Gasteiger partial charge in [0.15, 0.2) is 0 Å². The lowest BCUT2D eigenvalue weighted by molar-refractivity contribution is 0.199. The van der Waals surface area contributed by atoms with E-state index in [1.54, 1.807) is 6.20 Å². The number of nitrogens with zero attached hydrogens (tertiary/aromatic N) is 3. The Morgan fingerprint density at radius 3 is 2.76 bits per heavy atom. The second kappa shape index (κ2) is 5.47. The van der Waals surface area contributed by atoms with Crippen LogP contribution < -0.4 is 4.90 Å². The Morgan fingerprint density at radius 1 is 1.41 bits per heavy atom. The molecule has 1 N–H and O–H groups in total. The van der Waals surface area contributed by atoms with Gasteiger partial charge in [-0.2, -0.15) is 0 Å². The van der Waals surface area contributed by atoms with E-state index in [-0.39, 0.29) is 6.61 Å². The summed E-state index contributed by atoms with van der Waals surface area (Å²) in [4.78, 5) is 9.21. The molecule has 0 bridgehead atoms. The minimum Gasteiger partial charge on any atom is -0.392 e. The molecule has 0 spiro atoms. The van der Waals surface area contributed by atoms with Gasteiger partial charge in [0.25, 0.3) is 0 Å². The Labute approximate surface area is 103 Å². The molecular formula is C13H21N3O. The van der Waals surface area contributed by atoms with Crippen LogP contribution in [0, 0.1) is 0 Å². The molecule has 94 valence electrons. The minimum atomic E-state index is 0.0628. The molecular weight excluding hydrogens is 214 g/mol. The smallest absolute Gasteiger partial charge is 0.128 e. The molecule has 4 heteroatoms. The highest BCUT2D eigenvalue weighted by atomic mass is 16.3. The number of anilines is 1. The normalized spacial score (nSPS) is 21.8. The molecule has 4 nitrogen and oxygen atoms in total. The summed E-state index contributed by atoms with van der Waals surface area (Å²) in [6.45, 7) is 8.81. The zero-order valence-corrected chi connectivity index (χ0v) is 10.6. The van der Waals surface area contributed by atoms with Crippen molar-refractivity contribution in [1.82, 2.24) is 9.88 Å². The topological polar surface area (TPSA) is 39.6 Å². The monoisotopic (exact) mass is 235 g/mol. The van der Waals surface area contributed by atoms with E-state index in [0.717, 1.165) is 37.6 Å². The molecule has 0 saturated carbocycles. The van der Waals surface area contributed by atoms with Gasteiger partial charge in [0.1, 0.15) is 5.82 Å². The van der Waals surface area contributed by atoms with Crippen LogP contribution in [0.1, 0.15) is 19.4 Å². The predicted molar refractivity (Wildman–Crippen MR) is 69.1 cm³/mol. The van der Waals surface area contributed by atoms with E-state index in [0.29, 0.717) is 6.04 Å². The molecule has 1 atom stereocenters. The molecule has 0 amide bonds. The predicted octanol–water partition coefficient (Wildman–Crippen LogP) is 1.10. The molecule has 0 aromatic carbocycles. The molecule has 0 aliphatic carbocycles. The summed E-state index contributed by atoms with van der Waals surface area (Å²) in [7, 11) is 0. The van der Waals surface area contributed by atoms with Crippen molar-refractivity contribution in [2.45, 2.75) is 26.5 Å². The van der Waals surface area contributed by atoms with Crippen LogP contribution in [0.25, 0.3) is 0 Å². The maximum Gasteiger partial charge on any atom is 0.128 e. The summed E-state index contributed by atoms with van der Waals surface area (Å²) in [5.41, 5.74) is 0.869. The first-order valence-corrected chi connectivity index (χ1v) is 6.29. The Balaban J connectivity index is 2.03. The molecule has 17 heavy (non-hydrogen) atoms. The van der Waals surface area contributed by atoms with Crippen molar-refractivity contribution in [2.24, 2.45) is 0 Å². The number of aliphatic hydroxyl groups is 1. The molecule has 0 radical (unpaired) electrons. The molecule has 1 aromatic rings. The van der Waals surface area contributed by atoms with Crippen molar-refractivity contribution in [3.63, 3.8) is 0 Å². The number of rotatable bonds is 3. The highest BCUT2D eigenvalue weighted by Crippen LogP contribution is 2.17. The van der Waals surface area contributed by atoms with Crippen LogP contribution in [0.5, 0.6) is 0 Å². The molecule has 1 unspecified atom stereocenters. The van der Waals surface area contributed by atoms with E-state index >= 15 is 0 Å². The number of hydrogen-bond acceptors (Lipinski definition) is 4. The van der Waals surface area contributed by atoms with Crippen LogP contribution in [0.4, 0.5) is 5.82 Å². The van der Waals surface area contributed by atoms with Crippen LogP contribution in [0.3, 0.4) is 0 Å². The molecule has 1 fully saturated rings. The van der Waals surface area contributed by atoms with Crippen molar-refractivity contribution in [1.29, 1.82) is 0 Å². The first kappa shape index (κ1) is 12.3. The average Bonchev–Trinajstić information content (AvgIpc) is 2.39. The van der Waals surface area contributed by atoms with E-state index in [9.17, 15) is 0 Å². The average molecular weight is 235 g/mol. The summed E-state index contributed by atoms with van der Waals surface area (Å²) >= 11 is 0. The fourth-order valence-corrected chi connectivity index (χ4v) is 2.37. The van der Waals surface area contributed by atoms with Crippen LogP contribution in [0.2, 0.25) is 0 Å². The first-order valence-electron chi connectivity index (χ1n) is 6.29. The van der Waals surface area contributed by atoms with Crippen LogP contribution in [0.15, 0.2) is 18.3 Å². The van der Waals surface area contributed by atoms with Crippen molar-refractivity contribution < 1.29 is 5.11 Å². The fourth-order valence-electron chi connectivity index (χ4n) is 2.37. The van der Waals surface area contributed by atoms with Crippen LogP contribution in [-0.4, -0.2) is 47.2 Å². The molecule has 1 aliphatic heterocycles. The van der Waals surface area contributed by atoms with E-state index in [2.05, 4.69) is 28.6 Å². The summed E-state index contributed by atoms with van der Waals surface area (Å²) in [5, 5.41) is 8.99. The van der Waals surface area contributed by atoms with Gasteiger partial charge in [-0.25, -0.2) is 4.98 Å². The van der Waals surface area contributed by atoms with Crippen molar-refractivity contribution >= 4 is 5.82 Å². The van der Waals surface area contributed by atoms with E-state index in [1.807, 2.05) is 12.1 Å². The quantitative estimate of drug-likeness (QED) is 0.852. The van der Waals surface area contributed by atoms with Gasteiger partial charge in [-0.3, -0.25) is 4.90 Å². The summed E-state index contributed by atoms with van der Waals surface area (Å²) in [6.07, 6.45) is 1.76. The van der Waals surface area contributed by atoms with Gasteiger partial charge in [0.2, 0.25) is 0 Å². The lowest BCUT2D eigenvalue weighted by atomic mass is 10.2. The molecule has 2 rings (SSSR count). The van der Waals surface area contributed by atoms with E-state index in [1.165, 1.54) is 0 Å². The van der Waals surface area contributed by atoms with E-state index in [4.69, 9.17) is 5.11 Å². The lowest BCUT2D eigenvalue weighted by Crippen LogP contribution is -2.51. The maximum absolute atomic E-state index is 8.99. The van der Waals surface area contributed by atoms with Gasteiger partial charge >= 0.3 is 0 Å². The minimum absolute atomic E-state index is 0.0628. The van der Waals surface area contributed by atoms with Crippen molar-refractivity contribution in [3.8, 4) is 0 Å². The zero-order chi connectivity index (χ0) is 12.3. The van der Waals surface area contributed by atoms with Gasteiger partial charge in [-0.05, 0) is 25.1 Å². The van der Waals surface area contributed by atoms with Crippen LogP contribution in [-0.2, 0) is 6.61 Å². The number of piperazine rings is 1. The SMILES string of the molecule is CCN1CCN(c2ccc(CO)cn2)CC1C. The highest BCUT2D eigenvalue weighted by Gasteiger charge is 2.22. The number of likely N-dealkylation sites (N-methyl/N-ethyl adjacent to an activating group) is 1. The molecule has 2 heterocycles. The van der Waals surface area contributed by atoms with E-state index < -0.39 is 0 Å². The Morgan fingerprint density at radius 2 is 2.24 bits per heavy atom. The third-order valence-corrected chi connectivity index (χ3v) is 3.49. The largest absolute Gasteiger partial charge is 0.392 e. The van der Waals surface area contributed by atoms with Gasteiger partial charge < -0.3 is 10.0 Å². The van der Waals surface area contributed by atoms with Gasteiger partial charge in [-0.15, -0.1) is 0 Å². The second-order valence-electron chi connectivity index (χ2n) is 4.61. The number of hydrogen-bond donors (Lipinski definition) is 1. The third kappa shape index (κ3) is 2.76. The number of aliphatic hydroxyl groups excluding tert-OH is 1. The van der Waals surface area contributed by atoms with Crippen molar-refractivity contribution in [3.05, 3.63) is 23.9 Å². The number of aromatic nitrogens is 1. The molecule has 1 aromatic heterocycles. The first-order chi connectivity index (χ1) is 8.24. The highest BCUT2D eigenvalue weighted by molar-refractivity contribution is 5.40. The maximum atomic E-state index is 8.99. The summed E-state index contributed by atoms with van der Waals surface area (Å²) in [6, 6.07) is 4.52. The fraction of sp³-hybridized carbons (Fsp3) is 0.615. The summed E-state index contributed by atoms with van der Waals surface area (Å²) < 4.78 is 0. The van der Waals surface area contributed by atoms with Crippen molar-refractivity contribution in [2.75, 3.05) is 31.1 Å². The number of pyridine rings is 1. The zero-order valence-electron chi connectivity index (χ0n) is 10.6. The van der Waals surface area contributed by atoms with Gasteiger partial charge in [0, 0.05) is 31.9 Å². The molecule has 1 saturated heterocycles. The standard InChI is InChI=1S/C13H21N3O/c1-3-15-6-7-16(9-11(15)2)13-5-4-12(10-17)8-14-13/h4-5,8,11,17H,3,6-7,9-10H2,1-2H3. The Bertz CT molecular complexity index is 352. The van der Waals surface area contributed by atoms with Gasteiger partial charge in [-0.1, -0.05) is 13.0 Å². The Hall–Kier alpha value is -1.13. The summed E-state index contributed by atoms with van der Waals surface area (Å²) in [5.74, 6) is 1.02. The Kier molecular flexibility index (Phi) is 3.97. The second-order valence-corrected chi connectivity index (χ2v) is 4.61. The third-order valence-electron chi connectivity index (χ3n) is 3.49.